The molecule has 4 aromatic rings. The Morgan fingerprint density at radius 1 is 0.929 bits per heavy atom. The number of furan rings is 1. The van der Waals surface area contributed by atoms with Gasteiger partial charge in [-0.1, -0.05) is 30.3 Å². The molecule has 4 heteroatoms. The second-order valence-electron chi connectivity index (χ2n) is 7.40. The van der Waals surface area contributed by atoms with Crippen LogP contribution in [0.5, 0.6) is 0 Å². The summed E-state index contributed by atoms with van der Waals surface area (Å²) in [6, 6.07) is 18.0. The largest absolute Gasteiger partial charge is 0.460 e. The Hall–Kier alpha value is -3.27. The molecule has 28 heavy (non-hydrogen) atoms. The van der Waals surface area contributed by atoms with E-state index in [0.29, 0.717) is 12.2 Å². The topological polar surface area (TPSA) is 47.2 Å². The van der Waals surface area contributed by atoms with Crippen LogP contribution in [0.25, 0.3) is 11.1 Å². The van der Waals surface area contributed by atoms with Crippen molar-refractivity contribution in [1.82, 2.24) is 4.57 Å². The summed E-state index contributed by atoms with van der Waals surface area (Å²) in [4.78, 5) is 13.1. The zero-order valence-electron chi connectivity index (χ0n) is 16.7. The standard InChI is InChI=1S/C24H24N2O2/c1-15-9-10-20(11-17(15)3)25-24(27)22-13-23-21(12-18(4)28-23)26(22)14-19-8-6-5-7-16(19)2/h5-13H,14H2,1-4H3,(H,25,27). The maximum atomic E-state index is 13.1. The van der Waals surface area contributed by atoms with Crippen LogP contribution in [0, 0.1) is 27.7 Å². The molecule has 0 aliphatic rings. The molecular weight excluding hydrogens is 348 g/mol. The van der Waals surface area contributed by atoms with Crippen LogP contribution in [-0.2, 0) is 6.54 Å². The Bertz CT molecular complexity index is 1180. The third-order valence-electron chi connectivity index (χ3n) is 5.30. The number of benzene rings is 2. The van der Waals surface area contributed by atoms with E-state index in [4.69, 9.17) is 4.42 Å². The molecule has 142 valence electrons. The van der Waals surface area contributed by atoms with Gasteiger partial charge in [0.1, 0.15) is 11.5 Å². The van der Waals surface area contributed by atoms with E-state index < -0.39 is 0 Å². The molecule has 2 aromatic heterocycles. The van der Waals surface area contributed by atoms with Crippen LogP contribution < -0.4 is 5.32 Å². The van der Waals surface area contributed by atoms with Crippen molar-refractivity contribution >= 4 is 22.7 Å². The van der Waals surface area contributed by atoms with Crippen molar-refractivity contribution in [2.45, 2.75) is 34.2 Å². The summed E-state index contributed by atoms with van der Waals surface area (Å²) in [6.45, 7) is 8.73. The van der Waals surface area contributed by atoms with Gasteiger partial charge in [0, 0.05) is 24.4 Å². The number of rotatable bonds is 4. The number of aromatic nitrogens is 1. The van der Waals surface area contributed by atoms with Gasteiger partial charge in [0.25, 0.3) is 5.91 Å². The van der Waals surface area contributed by atoms with Crippen LogP contribution in [0.3, 0.4) is 0 Å². The van der Waals surface area contributed by atoms with Crippen molar-refractivity contribution in [1.29, 1.82) is 0 Å². The molecule has 2 aromatic carbocycles. The molecule has 0 radical (unpaired) electrons. The van der Waals surface area contributed by atoms with E-state index in [1.807, 2.05) is 60.9 Å². The molecule has 0 atom stereocenters. The Kier molecular flexibility index (Phi) is 4.55. The summed E-state index contributed by atoms with van der Waals surface area (Å²) in [5.41, 5.74) is 7.79. The minimum absolute atomic E-state index is 0.138. The van der Waals surface area contributed by atoms with E-state index in [0.717, 1.165) is 28.1 Å². The highest BCUT2D eigenvalue weighted by atomic mass is 16.3. The first kappa shape index (κ1) is 18.1. The number of aryl methyl sites for hydroxylation is 4. The zero-order chi connectivity index (χ0) is 19.8. The van der Waals surface area contributed by atoms with E-state index in [9.17, 15) is 4.79 Å². The molecule has 4 rings (SSSR count). The Labute approximate surface area is 164 Å². The fraction of sp³-hybridized carbons (Fsp3) is 0.208. The van der Waals surface area contributed by atoms with E-state index in [2.05, 4.69) is 31.3 Å². The average molecular weight is 372 g/mol. The van der Waals surface area contributed by atoms with Gasteiger partial charge in [0.05, 0.1) is 5.52 Å². The van der Waals surface area contributed by atoms with Gasteiger partial charge < -0.3 is 14.3 Å². The lowest BCUT2D eigenvalue weighted by atomic mass is 10.1. The van der Waals surface area contributed by atoms with Crippen molar-refractivity contribution in [3.8, 4) is 0 Å². The SMILES string of the molecule is Cc1cc2c(cc(C(=O)Nc3ccc(C)c(C)c3)n2Cc2ccccc2C)o1. The highest BCUT2D eigenvalue weighted by Crippen LogP contribution is 2.26. The second-order valence-corrected chi connectivity index (χ2v) is 7.40. The first-order chi connectivity index (χ1) is 13.4. The van der Waals surface area contributed by atoms with Crippen molar-refractivity contribution < 1.29 is 9.21 Å². The van der Waals surface area contributed by atoms with E-state index in [-0.39, 0.29) is 5.91 Å². The quantitative estimate of drug-likeness (QED) is 0.494. The molecule has 0 aliphatic heterocycles. The lowest BCUT2D eigenvalue weighted by Gasteiger charge is -2.13. The Morgan fingerprint density at radius 2 is 1.71 bits per heavy atom. The molecule has 4 nitrogen and oxygen atoms in total. The summed E-state index contributed by atoms with van der Waals surface area (Å²) >= 11 is 0. The van der Waals surface area contributed by atoms with Crippen molar-refractivity contribution in [3.05, 3.63) is 88.3 Å². The fourth-order valence-corrected chi connectivity index (χ4v) is 3.50. The van der Waals surface area contributed by atoms with Gasteiger partial charge in [-0.25, -0.2) is 0 Å². The average Bonchev–Trinajstić information content (AvgIpc) is 3.17. The molecule has 0 bridgehead atoms. The fourth-order valence-electron chi connectivity index (χ4n) is 3.50. The molecular formula is C24H24N2O2. The maximum Gasteiger partial charge on any atom is 0.272 e. The summed E-state index contributed by atoms with van der Waals surface area (Å²) < 4.78 is 7.82. The lowest BCUT2D eigenvalue weighted by Crippen LogP contribution is -2.18. The van der Waals surface area contributed by atoms with Crippen molar-refractivity contribution in [3.63, 3.8) is 0 Å². The summed E-state index contributed by atoms with van der Waals surface area (Å²) in [5, 5.41) is 3.03. The van der Waals surface area contributed by atoms with E-state index in [1.165, 1.54) is 16.7 Å². The molecule has 0 spiro atoms. The number of hydrogen-bond acceptors (Lipinski definition) is 2. The van der Waals surface area contributed by atoms with Crippen LogP contribution in [0.2, 0.25) is 0 Å². The third-order valence-corrected chi connectivity index (χ3v) is 5.30. The normalized spacial score (nSPS) is 11.1. The first-order valence-corrected chi connectivity index (χ1v) is 9.45. The minimum atomic E-state index is -0.138. The predicted octanol–water partition coefficient (Wildman–Crippen LogP) is 5.77. The van der Waals surface area contributed by atoms with Gasteiger partial charge in [-0.3, -0.25) is 4.79 Å². The first-order valence-electron chi connectivity index (χ1n) is 9.45. The molecule has 0 aliphatic carbocycles. The molecule has 2 heterocycles. The van der Waals surface area contributed by atoms with Crippen LogP contribution in [-0.4, -0.2) is 10.5 Å². The number of amides is 1. The van der Waals surface area contributed by atoms with Gasteiger partial charge in [-0.2, -0.15) is 0 Å². The number of anilines is 1. The molecule has 1 N–H and O–H groups in total. The number of nitrogens with one attached hydrogen (secondary N) is 1. The van der Waals surface area contributed by atoms with Crippen LogP contribution >= 0.6 is 0 Å². The minimum Gasteiger partial charge on any atom is -0.460 e. The number of hydrogen-bond donors (Lipinski definition) is 1. The third kappa shape index (κ3) is 3.33. The van der Waals surface area contributed by atoms with Crippen LogP contribution in [0.4, 0.5) is 5.69 Å². The summed E-state index contributed by atoms with van der Waals surface area (Å²) in [6.07, 6.45) is 0. The van der Waals surface area contributed by atoms with Gasteiger partial charge in [-0.15, -0.1) is 0 Å². The molecule has 0 saturated carbocycles. The highest BCUT2D eigenvalue weighted by Gasteiger charge is 2.19. The molecule has 1 amide bonds. The Morgan fingerprint density at radius 3 is 2.46 bits per heavy atom. The molecule has 0 fully saturated rings. The Balaban J connectivity index is 1.73. The monoisotopic (exact) mass is 372 g/mol. The van der Waals surface area contributed by atoms with Crippen molar-refractivity contribution in [2.75, 3.05) is 5.32 Å². The van der Waals surface area contributed by atoms with Gasteiger partial charge in [0.15, 0.2) is 5.58 Å². The van der Waals surface area contributed by atoms with Crippen LogP contribution in [0.1, 0.15) is 38.5 Å². The second kappa shape index (κ2) is 7.04. The van der Waals surface area contributed by atoms with E-state index >= 15 is 0 Å². The maximum absolute atomic E-state index is 13.1. The van der Waals surface area contributed by atoms with Gasteiger partial charge in [-0.05, 0) is 62.1 Å². The van der Waals surface area contributed by atoms with Crippen LogP contribution in [0.15, 0.2) is 59.0 Å². The van der Waals surface area contributed by atoms with E-state index in [1.54, 1.807) is 0 Å². The smallest absolute Gasteiger partial charge is 0.272 e. The predicted molar refractivity (Wildman–Crippen MR) is 113 cm³/mol. The number of nitrogens with zero attached hydrogens (tertiary/aromatic N) is 1. The summed E-state index contributed by atoms with van der Waals surface area (Å²) in [5.74, 6) is 0.700. The van der Waals surface area contributed by atoms with Crippen molar-refractivity contribution in [2.24, 2.45) is 0 Å². The lowest BCUT2D eigenvalue weighted by molar-refractivity contribution is 0.101. The highest BCUT2D eigenvalue weighted by molar-refractivity contribution is 6.06. The number of carbonyl (C=O) groups is 1. The van der Waals surface area contributed by atoms with Gasteiger partial charge >= 0.3 is 0 Å². The zero-order valence-corrected chi connectivity index (χ0v) is 16.7. The number of carbonyl (C=O) groups excluding carboxylic acids is 1. The molecule has 0 saturated heterocycles. The summed E-state index contributed by atoms with van der Waals surface area (Å²) in [7, 11) is 0. The number of fused-ring (bicyclic) bond motifs is 1. The molecule has 0 unspecified atom stereocenters. The van der Waals surface area contributed by atoms with Gasteiger partial charge in [0.2, 0.25) is 0 Å².